The summed E-state index contributed by atoms with van der Waals surface area (Å²) < 4.78 is 11.1. The van der Waals surface area contributed by atoms with Crippen molar-refractivity contribution in [3.63, 3.8) is 0 Å². The second kappa shape index (κ2) is 8.96. The zero-order valence-corrected chi connectivity index (χ0v) is 17.7. The Kier molecular flexibility index (Phi) is 5.72. The van der Waals surface area contributed by atoms with Gasteiger partial charge in [0.05, 0.1) is 5.56 Å². The summed E-state index contributed by atoms with van der Waals surface area (Å²) in [4.78, 5) is 34.2. The van der Waals surface area contributed by atoms with Crippen molar-refractivity contribution >= 4 is 5.91 Å². The number of benzene rings is 1. The number of carbonyl (C=O) groups excluding carboxylic acids is 1. The van der Waals surface area contributed by atoms with Crippen LogP contribution in [0.3, 0.4) is 0 Å². The van der Waals surface area contributed by atoms with Gasteiger partial charge in [0.15, 0.2) is 6.61 Å². The predicted octanol–water partition coefficient (Wildman–Crippen LogP) is 1.86. The number of nitrogens with one attached hydrogen (secondary N) is 2. The fourth-order valence-electron chi connectivity index (χ4n) is 4.23. The summed E-state index contributed by atoms with van der Waals surface area (Å²) in [5.74, 6) is 1.54. The van der Waals surface area contributed by atoms with Crippen LogP contribution in [-0.4, -0.2) is 52.2 Å². The molecule has 0 radical (unpaired) electrons. The normalized spacial score (nSPS) is 16.6. The molecule has 32 heavy (non-hydrogen) atoms. The van der Waals surface area contributed by atoms with Crippen molar-refractivity contribution in [2.24, 2.45) is 0 Å². The summed E-state index contributed by atoms with van der Waals surface area (Å²) in [7, 11) is 0. The Balaban J connectivity index is 1.20. The molecule has 0 atom stereocenters. The smallest absolute Gasteiger partial charge is 0.260 e. The number of nitrogens with zero attached hydrogens (tertiary/aromatic N) is 3. The van der Waals surface area contributed by atoms with Crippen LogP contribution in [0.5, 0.6) is 5.75 Å². The number of likely N-dealkylation sites (tertiary alicyclic amines) is 1. The number of fused-ring (bicyclic) bond motifs is 1. The molecule has 9 nitrogen and oxygen atoms in total. The Morgan fingerprint density at radius 3 is 2.84 bits per heavy atom. The molecule has 166 valence electrons. The highest BCUT2D eigenvalue weighted by atomic mass is 16.5. The van der Waals surface area contributed by atoms with Crippen LogP contribution in [0.1, 0.15) is 35.9 Å². The minimum Gasteiger partial charge on any atom is -0.484 e. The summed E-state index contributed by atoms with van der Waals surface area (Å²) in [6.07, 6.45) is 2.25. The third-order valence-corrected chi connectivity index (χ3v) is 6.07. The molecule has 5 rings (SSSR count). The number of rotatable bonds is 5. The molecule has 4 heterocycles. The zero-order valence-electron chi connectivity index (χ0n) is 17.7. The average Bonchev–Trinajstić information content (AvgIpc) is 3.33. The molecule has 2 aromatic heterocycles. The molecule has 2 N–H and O–H groups in total. The van der Waals surface area contributed by atoms with Gasteiger partial charge in [-0.25, -0.2) is 0 Å². The molecule has 1 aromatic carbocycles. The van der Waals surface area contributed by atoms with Crippen molar-refractivity contribution in [3.05, 3.63) is 63.9 Å². The Morgan fingerprint density at radius 1 is 1.22 bits per heavy atom. The van der Waals surface area contributed by atoms with E-state index in [1.165, 1.54) is 0 Å². The zero-order chi connectivity index (χ0) is 21.9. The van der Waals surface area contributed by atoms with Crippen molar-refractivity contribution in [2.75, 3.05) is 26.2 Å². The summed E-state index contributed by atoms with van der Waals surface area (Å²) in [6, 6.07) is 11.2. The van der Waals surface area contributed by atoms with Gasteiger partial charge in [-0.1, -0.05) is 23.4 Å². The van der Waals surface area contributed by atoms with Gasteiger partial charge >= 0.3 is 0 Å². The second-order valence-corrected chi connectivity index (χ2v) is 8.16. The Bertz CT molecular complexity index is 1150. The van der Waals surface area contributed by atoms with Crippen LogP contribution in [0.4, 0.5) is 0 Å². The molecule has 2 aliphatic heterocycles. The van der Waals surface area contributed by atoms with Crippen LogP contribution in [0.15, 0.2) is 45.7 Å². The number of aromatic amines is 1. The molecule has 1 amide bonds. The molecule has 0 spiro atoms. The van der Waals surface area contributed by atoms with E-state index in [2.05, 4.69) is 20.4 Å². The van der Waals surface area contributed by atoms with Gasteiger partial charge in [-0.3, -0.25) is 9.59 Å². The lowest BCUT2D eigenvalue weighted by molar-refractivity contribution is -0.134. The lowest BCUT2D eigenvalue weighted by atomic mass is 9.96. The van der Waals surface area contributed by atoms with Gasteiger partial charge < -0.3 is 24.5 Å². The van der Waals surface area contributed by atoms with E-state index in [0.717, 1.165) is 37.1 Å². The second-order valence-electron chi connectivity index (χ2n) is 8.16. The molecule has 0 saturated carbocycles. The largest absolute Gasteiger partial charge is 0.484 e. The molecule has 3 aromatic rings. The fraction of sp³-hybridized carbons (Fsp3) is 0.391. The van der Waals surface area contributed by atoms with E-state index in [-0.39, 0.29) is 24.0 Å². The molecule has 9 heteroatoms. The van der Waals surface area contributed by atoms with Gasteiger partial charge in [0, 0.05) is 44.2 Å². The minimum atomic E-state index is -0.197. The first-order chi connectivity index (χ1) is 15.7. The first-order valence-corrected chi connectivity index (χ1v) is 10.9. The van der Waals surface area contributed by atoms with Crippen LogP contribution in [0.2, 0.25) is 0 Å². The fourth-order valence-corrected chi connectivity index (χ4v) is 4.23. The third-order valence-electron chi connectivity index (χ3n) is 6.07. The topological polar surface area (TPSA) is 113 Å². The van der Waals surface area contributed by atoms with Crippen molar-refractivity contribution in [3.8, 4) is 17.1 Å². The Labute approximate surface area is 184 Å². The number of carbonyl (C=O) groups is 1. The van der Waals surface area contributed by atoms with Gasteiger partial charge in [0.2, 0.25) is 11.7 Å². The van der Waals surface area contributed by atoms with Gasteiger partial charge in [0.1, 0.15) is 5.75 Å². The summed E-state index contributed by atoms with van der Waals surface area (Å²) in [5.41, 5.74) is 2.25. The molecule has 0 unspecified atom stereocenters. The number of ether oxygens (including phenoxy) is 1. The minimum absolute atomic E-state index is 0.0232. The first kappa shape index (κ1) is 20.4. The van der Waals surface area contributed by atoms with E-state index in [0.29, 0.717) is 42.7 Å². The SMILES string of the molecule is O=C(COc1ccccc1)N1CCC(c2nc(-c3cc4c([nH]c3=O)CCNC4)no2)CC1. The standard InChI is InChI=1S/C23H25N5O4/c29-20(14-31-17-4-2-1-3-5-17)28-10-7-15(8-11-28)23-26-21(27-32-23)18-12-16-13-24-9-6-19(16)25-22(18)30/h1-5,12,15,24H,6-11,13-14H2,(H,25,30). The Morgan fingerprint density at radius 2 is 2.03 bits per heavy atom. The van der Waals surface area contributed by atoms with Gasteiger partial charge in [0.25, 0.3) is 11.5 Å². The molecule has 1 saturated heterocycles. The number of hydrogen-bond acceptors (Lipinski definition) is 7. The van der Waals surface area contributed by atoms with Crippen molar-refractivity contribution in [1.29, 1.82) is 0 Å². The molecule has 1 fully saturated rings. The number of pyridine rings is 1. The number of para-hydroxylation sites is 1. The van der Waals surface area contributed by atoms with Crippen LogP contribution in [-0.2, 0) is 17.8 Å². The van der Waals surface area contributed by atoms with Gasteiger partial charge in [-0.05, 0) is 36.6 Å². The maximum absolute atomic E-state index is 12.5. The number of H-pyrrole nitrogens is 1. The van der Waals surface area contributed by atoms with Crippen LogP contribution in [0, 0.1) is 0 Å². The quantitative estimate of drug-likeness (QED) is 0.629. The lowest BCUT2D eigenvalue weighted by Gasteiger charge is -2.30. The summed E-state index contributed by atoms with van der Waals surface area (Å²) >= 11 is 0. The highest BCUT2D eigenvalue weighted by Crippen LogP contribution is 2.28. The Hall–Kier alpha value is -3.46. The maximum Gasteiger partial charge on any atom is 0.260 e. The van der Waals surface area contributed by atoms with E-state index in [9.17, 15) is 9.59 Å². The number of aromatic nitrogens is 3. The number of amides is 1. The number of piperidine rings is 1. The summed E-state index contributed by atoms with van der Waals surface area (Å²) in [6.45, 7) is 2.79. The molecular formula is C23H25N5O4. The van der Waals surface area contributed by atoms with Crippen LogP contribution >= 0.6 is 0 Å². The molecule has 0 bridgehead atoms. The number of hydrogen-bond donors (Lipinski definition) is 2. The monoisotopic (exact) mass is 435 g/mol. The predicted molar refractivity (Wildman–Crippen MR) is 116 cm³/mol. The maximum atomic E-state index is 12.5. The molecule has 0 aliphatic carbocycles. The highest BCUT2D eigenvalue weighted by Gasteiger charge is 2.28. The van der Waals surface area contributed by atoms with E-state index in [4.69, 9.17) is 9.26 Å². The highest BCUT2D eigenvalue weighted by molar-refractivity contribution is 5.77. The van der Waals surface area contributed by atoms with Gasteiger partial charge in [-0.15, -0.1) is 0 Å². The lowest BCUT2D eigenvalue weighted by Crippen LogP contribution is -2.40. The van der Waals surface area contributed by atoms with E-state index in [1.54, 1.807) is 4.90 Å². The van der Waals surface area contributed by atoms with E-state index in [1.807, 2.05) is 36.4 Å². The van der Waals surface area contributed by atoms with Crippen molar-refractivity contribution in [2.45, 2.75) is 31.7 Å². The summed E-state index contributed by atoms with van der Waals surface area (Å²) in [5, 5.41) is 7.36. The third kappa shape index (κ3) is 4.29. The molecular weight excluding hydrogens is 410 g/mol. The average molecular weight is 435 g/mol. The van der Waals surface area contributed by atoms with Gasteiger partial charge in [-0.2, -0.15) is 4.98 Å². The van der Waals surface area contributed by atoms with Crippen molar-refractivity contribution < 1.29 is 14.1 Å². The van der Waals surface area contributed by atoms with Crippen molar-refractivity contribution in [1.82, 2.24) is 25.3 Å². The first-order valence-electron chi connectivity index (χ1n) is 10.9. The van der Waals surface area contributed by atoms with Crippen LogP contribution in [0.25, 0.3) is 11.4 Å². The van der Waals surface area contributed by atoms with Crippen LogP contribution < -0.4 is 15.6 Å². The molecule has 2 aliphatic rings. The van der Waals surface area contributed by atoms with E-state index < -0.39 is 0 Å². The van der Waals surface area contributed by atoms with E-state index >= 15 is 0 Å².